The van der Waals surface area contributed by atoms with Gasteiger partial charge >= 0.3 is 6.03 Å². The molecule has 2 aromatic carbocycles. The van der Waals surface area contributed by atoms with Crippen molar-refractivity contribution in [2.45, 2.75) is 25.0 Å². The van der Waals surface area contributed by atoms with Crippen LogP contribution in [0, 0.1) is 17.7 Å². The number of methoxy groups -OCH3 is 1. The van der Waals surface area contributed by atoms with Crippen LogP contribution in [0.3, 0.4) is 0 Å². The van der Waals surface area contributed by atoms with Crippen LogP contribution in [-0.2, 0) is 4.74 Å². The summed E-state index contributed by atoms with van der Waals surface area (Å²) in [5.74, 6) is 7.16. The van der Waals surface area contributed by atoms with Crippen molar-refractivity contribution in [2.75, 3.05) is 45.8 Å². The van der Waals surface area contributed by atoms with Crippen LogP contribution >= 0.6 is 11.6 Å². The van der Waals surface area contributed by atoms with Crippen LogP contribution in [0.4, 0.5) is 20.7 Å². The zero-order valence-corrected chi connectivity index (χ0v) is 21.8. The van der Waals surface area contributed by atoms with E-state index >= 15 is 0 Å². The summed E-state index contributed by atoms with van der Waals surface area (Å²) in [6.45, 7) is 2.17. The smallest absolute Gasteiger partial charge is 0.320 e. The molecular formula is C27H27ClFN5O4. The van der Waals surface area contributed by atoms with Crippen molar-refractivity contribution < 1.29 is 23.4 Å². The molecule has 198 valence electrons. The van der Waals surface area contributed by atoms with E-state index in [-0.39, 0.29) is 17.1 Å². The van der Waals surface area contributed by atoms with Crippen LogP contribution in [0.5, 0.6) is 11.5 Å². The number of halogens is 2. The number of hydrogen-bond acceptors (Lipinski definition) is 7. The van der Waals surface area contributed by atoms with Gasteiger partial charge in [-0.2, -0.15) is 0 Å². The molecule has 0 saturated carbocycles. The molecule has 1 aliphatic heterocycles. The largest absolute Gasteiger partial charge is 0.493 e. The van der Waals surface area contributed by atoms with Crippen molar-refractivity contribution in [1.29, 1.82) is 0 Å². The third-order valence-electron chi connectivity index (χ3n) is 6.60. The van der Waals surface area contributed by atoms with Crippen molar-refractivity contribution in [3.63, 3.8) is 0 Å². The number of morpholine rings is 1. The van der Waals surface area contributed by atoms with Crippen molar-refractivity contribution in [3.8, 4) is 23.3 Å². The number of benzene rings is 2. The minimum absolute atomic E-state index is 0.00304. The van der Waals surface area contributed by atoms with E-state index in [1.165, 1.54) is 18.5 Å². The first kappa shape index (κ1) is 25.8. The minimum Gasteiger partial charge on any atom is -0.493 e. The monoisotopic (exact) mass is 539 g/mol. The van der Waals surface area contributed by atoms with E-state index in [1.807, 2.05) is 0 Å². The van der Waals surface area contributed by atoms with Crippen LogP contribution in [-0.4, -0.2) is 78.4 Å². The lowest BCUT2D eigenvalue weighted by atomic mass is 9.99. The Morgan fingerprint density at radius 1 is 1.24 bits per heavy atom. The highest BCUT2D eigenvalue weighted by atomic mass is 35.5. The van der Waals surface area contributed by atoms with E-state index < -0.39 is 11.9 Å². The van der Waals surface area contributed by atoms with Crippen molar-refractivity contribution in [2.24, 2.45) is 0 Å². The highest BCUT2D eigenvalue weighted by Gasteiger charge is 2.33. The fourth-order valence-electron chi connectivity index (χ4n) is 4.53. The Kier molecular flexibility index (Phi) is 7.67. The van der Waals surface area contributed by atoms with E-state index in [2.05, 4.69) is 27.1 Å². The normalized spacial score (nSPS) is 18.9. The van der Waals surface area contributed by atoms with Gasteiger partial charge < -0.3 is 29.3 Å². The van der Waals surface area contributed by atoms with Crippen LogP contribution in [0.25, 0.3) is 10.9 Å². The molecule has 1 N–H and O–H groups in total. The van der Waals surface area contributed by atoms with Gasteiger partial charge in [0.1, 0.15) is 18.0 Å². The molecule has 5 rings (SSSR count). The Balaban J connectivity index is 1.44. The molecule has 0 radical (unpaired) electrons. The maximum atomic E-state index is 13.6. The van der Waals surface area contributed by atoms with Crippen LogP contribution in [0.2, 0.25) is 5.02 Å². The summed E-state index contributed by atoms with van der Waals surface area (Å²) < 4.78 is 31.0. The summed E-state index contributed by atoms with van der Waals surface area (Å²) in [6, 6.07) is 7.54. The van der Waals surface area contributed by atoms with Gasteiger partial charge in [-0.25, -0.2) is 19.2 Å². The maximum Gasteiger partial charge on any atom is 0.320 e. The summed E-state index contributed by atoms with van der Waals surface area (Å²) >= 11 is 5.95. The number of hydrogen-bond donors (Lipinski definition) is 1. The number of fused-ring (bicyclic) bond motifs is 1. The quantitative estimate of drug-likeness (QED) is 0.462. The molecule has 2 amide bonds. The molecule has 2 atom stereocenters. The summed E-state index contributed by atoms with van der Waals surface area (Å²) in [7, 11) is 3.33. The van der Waals surface area contributed by atoms with E-state index in [0.29, 0.717) is 73.1 Å². The predicted octanol–water partition coefficient (Wildman–Crippen LogP) is 4.47. The van der Waals surface area contributed by atoms with Gasteiger partial charge in [0, 0.05) is 43.7 Å². The second-order valence-electron chi connectivity index (χ2n) is 8.95. The van der Waals surface area contributed by atoms with Gasteiger partial charge in [-0.3, -0.25) is 0 Å². The zero-order valence-electron chi connectivity index (χ0n) is 21.0. The number of rotatable bonds is 6. The van der Waals surface area contributed by atoms with E-state index in [9.17, 15) is 9.18 Å². The van der Waals surface area contributed by atoms with Gasteiger partial charge in [-0.15, -0.1) is 0 Å². The third-order valence-corrected chi connectivity index (χ3v) is 6.89. The lowest BCUT2D eigenvalue weighted by Crippen LogP contribution is -2.54. The van der Waals surface area contributed by atoms with Gasteiger partial charge in [-0.05, 0) is 30.7 Å². The molecule has 0 unspecified atom stereocenters. The number of nitrogens with one attached hydrogen (secondary N) is 1. The Morgan fingerprint density at radius 2 is 2.05 bits per heavy atom. The average molecular weight is 540 g/mol. The molecule has 2 heterocycles. The minimum atomic E-state index is -0.568. The summed E-state index contributed by atoms with van der Waals surface area (Å²) in [5.41, 5.74) is 1.18. The molecule has 1 aliphatic carbocycles. The number of carbonyl (C=O) groups is 1. The first-order valence-corrected chi connectivity index (χ1v) is 12.6. The number of carbonyl (C=O) groups excluding carboxylic acids is 1. The molecule has 0 bridgehead atoms. The second-order valence-corrected chi connectivity index (χ2v) is 9.36. The number of aromatic nitrogens is 2. The van der Waals surface area contributed by atoms with Gasteiger partial charge in [0.2, 0.25) is 0 Å². The zero-order chi connectivity index (χ0) is 26.6. The average Bonchev–Trinajstić information content (AvgIpc) is 2.95. The number of ether oxygens (including phenoxy) is 3. The second kappa shape index (κ2) is 11.3. The Labute approximate surface area is 224 Å². The SMILES string of the molecule is COc1cc2ncnc(Nc3ccc(F)c(Cl)c3)c2cc1O[C@@H]1C#CCC[C@H]1N(C)C(=O)N1CCOCC1. The van der Waals surface area contributed by atoms with E-state index in [4.69, 9.17) is 25.8 Å². The van der Waals surface area contributed by atoms with Crippen molar-refractivity contribution in [1.82, 2.24) is 19.8 Å². The molecule has 11 heteroatoms. The molecule has 1 aromatic heterocycles. The molecular weight excluding hydrogens is 513 g/mol. The molecule has 1 saturated heterocycles. The molecule has 38 heavy (non-hydrogen) atoms. The number of nitrogens with zero attached hydrogens (tertiary/aromatic N) is 4. The van der Waals surface area contributed by atoms with Crippen LogP contribution in [0.15, 0.2) is 36.7 Å². The maximum absolute atomic E-state index is 13.6. The van der Waals surface area contributed by atoms with Crippen molar-refractivity contribution in [3.05, 3.63) is 47.5 Å². The first-order chi connectivity index (χ1) is 18.4. The molecule has 0 spiro atoms. The van der Waals surface area contributed by atoms with Gasteiger partial charge in [-0.1, -0.05) is 23.4 Å². The number of urea groups is 1. The number of likely N-dealkylation sites (N-methyl/N-ethyl adjacent to an activating group) is 1. The van der Waals surface area contributed by atoms with Crippen LogP contribution in [0.1, 0.15) is 12.8 Å². The molecule has 3 aromatic rings. The Morgan fingerprint density at radius 3 is 2.82 bits per heavy atom. The Hall–Kier alpha value is -3.81. The highest BCUT2D eigenvalue weighted by Crippen LogP contribution is 2.36. The fourth-order valence-corrected chi connectivity index (χ4v) is 4.71. The van der Waals surface area contributed by atoms with E-state index in [0.717, 1.165) is 0 Å². The number of amides is 2. The highest BCUT2D eigenvalue weighted by molar-refractivity contribution is 6.31. The first-order valence-electron chi connectivity index (χ1n) is 12.2. The van der Waals surface area contributed by atoms with Crippen LogP contribution < -0.4 is 14.8 Å². The summed E-state index contributed by atoms with van der Waals surface area (Å²) in [5, 5.41) is 3.82. The number of anilines is 2. The van der Waals surface area contributed by atoms with Crippen molar-refractivity contribution >= 4 is 40.0 Å². The molecule has 1 fully saturated rings. The molecule has 2 aliphatic rings. The molecule has 9 nitrogen and oxygen atoms in total. The Bertz CT molecular complexity index is 1410. The third kappa shape index (κ3) is 5.39. The summed E-state index contributed by atoms with van der Waals surface area (Å²) in [6.07, 6.45) is 2.20. The van der Waals surface area contributed by atoms with Gasteiger partial charge in [0.05, 0.1) is 36.9 Å². The summed E-state index contributed by atoms with van der Waals surface area (Å²) in [4.78, 5) is 25.4. The van der Waals surface area contributed by atoms with E-state index in [1.54, 1.807) is 42.2 Å². The predicted molar refractivity (Wildman–Crippen MR) is 142 cm³/mol. The topological polar surface area (TPSA) is 89.1 Å². The van der Waals surface area contributed by atoms with Gasteiger partial charge in [0.25, 0.3) is 0 Å². The lowest BCUT2D eigenvalue weighted by Gasteiger charge is -2.38. The van der Waals surface area contributed by atoms with Gasteiger partial charge in [0.15, 0.2) is 17.6 Å². The lowest BCUT2D eigenvalue weighted by molar-refractivity contribution is 0.0354. The fraction of sp³-hybridized carbons (Fsp3) is 0.370. The standard InChI is InChI=1S/C27H27ClFN5O4/c1-33(27(35)34-9-11-37-12-10-34)22-5-3-4-6-23(22)38-25-14-18-21(15-24(25)36-2)30-16-31-26(18)32-17-7-8-20(29)19(28)13-17/h7-8,13-16,22-23H,3,5,9-12H2,1-2H3,(H,30,31,32)/t22-,23-/m1/s1.